The van der Waals surface area contributed by atoms with Gasteiger partial charge in [0, 0.05) is 12.3 Å². The number of carbonyl (C=O) groups is 1. The Bertz CT molecular complexity index is 857. The van der Waals surface area contributed by atoms with Gasteiger partial charge < -0.3 is 4.74 Å². The molecule has 2 heteroatoms. The van der Waals surface area contributed by atoms with Crippen molar-refractivity contribution in [3.8, 4) is 0 Å². The predicted molar refractivity (Wildman–Crippen MR) is 140 cm³/mol. The van der Waals surface area contributed by atoms with Crippen molar-refractivity contribution in [2.75, 3.05) is 0 Å². The van der Waals surface area contributed by atoms with E-state index in [0.717, 1.165) is 41.9 Å². The fourth-order valence-electron chi connectivity index (χ4n) is 11.9. The lowest BCUT2D eigenvalue weighted by Crippen LogP contribution is -2.66. The van der Waals surface area contributed by atoms with Crippen LogP contribution < -0.4 is 0 Å². The Morgan fingerprint density at radius 2 is 1.53 bits per heavy atom. The lowest BCUT2D eigenvalue weighted by molar-refractivity contribution is -0.244. The molecular weight excluding hydrogens is 416 g/mol. The Morgan fingerprint density at radius 3 is 2.18 bits per heavy atom. The molecule has 0 radical (unpaired) electrons. The maximum Gasteiger partial charge on any atom is 0.302 e. The van der Waals surface area contributed by atoms with Crippen LogP contribution in [0.25, 0.3) is 0 Å². The Kier molecular flexibility index (Phi) is 5.75. The van der Waals surface area contributed by atoms with E-state index in [0.29, 0.717) is 22.2 Å². The van der Waals surface area contributed by atoms with Crippen LogP contribution in [0.5, 0.6) is 0 Å². The molecule has 5 saturated carbocycles. The molecule has 5 aliphatic carbocycles. The van der Waals surface area contributed by atoms with Gasteiger partial charge in [-0.1, -0.05) is 53.7 Å². The summed E-state index contributed by atoms with van der Waals surface area (Å²) in [5, 5.41) is 0. The highest BCUT2D eigenvalue weighted by Gasteiger charge is 2.69. The summed E-state index contributed by atoms with van der Waals surface area (Å²) < 4.78 is 5.91. The number of hydrogen-bond acceptors (Lipinski definition) is 2. The lowest BCUT2D eigenvalue weighted by Gasteiger charge is -2.72. The number of allylic oxidation sites excluding steroid dienone is 1. The summed E-state index contributed by atoms with van der Waals surface area (Å²) in [4.78, 5) is 11.9. The van der Waals surface area contributed by atoms with Gasteiger partial charge in [-0.2, -0.15) is 0 Å². The maximum atomic E-state index is 11.9. The minimum Gasteiger partial charge on any atom is -0.462 e. The van der Waals surface area contributed by atoms with Gasteiger partial charge >= 0.3 is 5.97 Å². The zero-order valence-electron chi connectivity index (χ0n) is 23.5. The summed E-state index contributed by atoms with van der Waals surface area (Å²) in [7, 11) is 0. The van der Waals surface area contributed by atoms with Crippen molar-refractivity contribution in [3.63, 3.8) is 0 Å². The average molecular weight is 469 g/mol. The fourth-order valence-corrected chi connectivity index (χ4v) is 11.9. The standard InChI is InChI=1S/C32H52O2/c1-19(2)23-18-20(3)22-12-16-31(8)24(28(22)23)10-11-26-30(7)15-14-27(34-21(4)33)29(5,6)25(30)13-17-32(26,31)9/h20,22-28H,1,10-18H2,2-9H3/t20-,22-,23+,24-,25-,26-,27+,28-,30+,31-,32-/m1/s1. The van der Waals surface area contributed by atoms with Gasteiger partial charge in [-0.3, -0.25) is 4.79 Å². The third-order valence-corrected chi connectivity index (χ3v) is 13.6. The maximum absolute atomic E-state index is 11.9. The normalized spacial score (nSPS) is 53.6. The number of carbonyl (C=O) groups excluding carboxylic acids is 1. The van der Waals surface area contributed by atoms with Crippen LogP contribution in [0.2, 0.25) is 0 Å². The van der Waals surface area contributed by atoms with Gasteiger partial charge in [0.25, 0.3) is 0 Å². The Hall–Kier alpha value is -0.790. The lowest BCUT2D eigenvalue weighted by atomic mass is 9.33. The van der Waals surface area contributed by atoms with Gasteiger partial charge in [0.15, 0.2) is 0 Å². The first-order valence-corrected chi connectivity index (χ1v) is 14.6. The summed E-state index contributed by atoms with van der Waals surface area (Å²) in [5.74, 6) is 5.59. The summed E-state index contributed by atoms with van der Waals surface area (Å²) in [6.07, 6.45) is 12.0. The highest BCUT2D eigenvalue weighted by atomic mass is 16.5. The van der Waals surface area contributed by atoms with Crippen molar-refractivity contribution in [3.05, 3.63) is 12.2 Å². The van der Waals surface area contributed by atoms with E-state index in [9.17, 15) is 4.79 Å². The van der Waals surface area contributed by atoms with Gasteiger partial charge in [-0.15, -0.1) is 0 Å². The number of hydrogen-bond donors (Lipinski definition) is 0. The van der Waals surface area contributed by atoms with Crippen LogP contribution in [0.1, 0.15) is 113 Å². The topological polar surface area (TPSA) is 26.3 Å². The average Bonchev–Trinajstić information content (AvgIpc) is 3.07. The summed E-state index contributed by atoms with van der Waals surface area (Å²) in [6.45, 7) is 23.8. The minimum absolute atomic E-state index is 0.0569. The van der Waals surface area contributed by atoms with E-state index >= 15 is 0 Å². The molecule has 0 unspecified atom stereocenters. The van der Waals surface area contributed by atoms with Crippen molar-refractivity contribution in [2.45, 2.75) is 119 Å². The Labute approximate surface area is 210 Å². The second kappa shape index (κ2) is 7.85. The van der Waals surface area contributed by atoms with Crippen LogP contribution in [0, 0.1) is 63.1 Å². The molecular formula is C32H52O2. The van der Waals surface area contributed by atoms with Crippen molar-refractivity contribution >= 4 is 5.97 Å². The van der Waals surface area contributed by atoms with E-state index in [1.807, 2.05) is 0 Å². The summed E-state index contributed by atoms with van der Waals surface area (Å²) >= 11 is 0. The van der Waals surface area contributed by atoms with E-state index in [1.54, 1.807) is 6.92 Å². The van der Waals surface area contributed by atoms with E-state index in [1.165, 1.54) is 56.9 Å². The first-order valence-electron chi connectivity index (χ1n) is 14.6. The predicted octanol–water partition coefficient (Wildman–Crippen LogP) is 8.45. The molecule has 34 heavy (non-hydrogen) atoms. The van der Waals surface area contributed by atoms with Gasteiger partial charge in [0.1, 0.15) is 6.10 Å². The molecule has 5 aliphatic rings. The van der Waals surface area contributed by atoms with Crippen LogP contribution in [0.3, 0.4) is 0 Å². The molecule has 0 aliphatic heterocycles. The number of esters is 1. The number of ether oxygens (including phenoxy) is 1. The quantitative estimate of drug-likeness (QED) is 0.300. The number of fused-ring (bicyclic) bond motifs is 7. The Morgan fingerprint density at radius 1 is 0.853 bits per heavy atom. The smallest absolute Gasteiger partial charge is 0.302 e. The highest BCUT2D eigenvalue weighted by molar-refractivity contribution is 5.66. The molecule has 192 valence electrons. The molecule has 5 fully saturated rings. The zero-order chi connectivity index (χ0) is 24.8. The van der Waals surface area contributed by atoms with Crippen molar-refractivity contribution in [2.24, 2.45) is 63.1 Å². The molecule has 0 aromatic rings. The van der Waals surface area contributed by atoms with E-state index in [-0.39, 0.29) is 17.5 Å². The monoisotopic (exact) mass is 468 g/mol. The summed E-state index contributed by atoms with van der Waals surface area (Å²) in [6, 6.07) is 0. The first kappa shape index (κ1) is 24.9. The van der Waals surface area contributed by atoms with Crippen LogP contribution in [-0.2, 0) is 9.53 Å². The molecule has 5 rings (SSSR count). The van der Waals surface area contributed by atoms with Crippen molar-refractivity contribution in [1.29, 1.82) is 0 Å². The third kappa shape index (κ3) is 3.14. The molecule has 0 aromatic heterocycles. The molecule has 0 N–H and O–H groups in total. The van der Waals surface area contributed by atoms with Crippen LogP contribution in [0.4, 0.5) is 0 Å². The van der Waals surface area contributed by atoms with Gasteiger partial charge in [0.2, 0.25) is 0 Å². The van der Waals surface area contributed by atoms with Crippen molar-refractivity contribution in [1.82, 2.24) is 0 Å². The molecule has 11 atom stereocenters. The molecule has 0 bridgehead atoms. The second-order valence-electron chi connectivity index (χ2n) is 15.1. The van der Waals surface area contributed by atoms with Crippen molar-refractivity contribution < 1.29 is 9.53 Å². The largest absolute Gasteiger partial charge is 0.462 e. The molecule has 0 heterocycles. The minimum atomic E-state index is -0.107. The van der Waals surface area contributed by atoms with Gasteiger partial charge in [0.05, 0.1) is 0 Å². The molecule has 0 aromatic carbocycles. The summed E-state index contributed by atoms with van der Waals surface area (Å²) in [5.41, 5.74) is 2.73. The molecule has 2 nitrogen and oxygen atoms in total. The SMILES string of the molecule is C=C(C)[C@@H]1C[C@@H](C)[C@H]2CC[C@]3(C)[C@H](CC[C@@H]4[C@@]5(C)CC[C@H](OC(C)=O)C(C)(C)[C@H]5CC[C@]43C)[C@H]21. The zero-order valence-corrected chi connectivity index (χ0v) is 23.5. The Balaban J connectivity index is 1.49. The fraction of sp³-hybridized carbons (Fsp3) is 0.906. The molecule has 0 spiro atoms. The number of rotatable bonds is 2. The first-order chi connectivity index (χ1) is 15.8. The molecule has 0 amide bonds. The second-order valence-corrected chi connectivity index (χ2v) is 15.1. The highest BCUT2D eigenvalue weighted by Crippen LogP contribution is 2.76. The third-order valence-electron chi connectivity index (χ3n) is 13.6. The van der Waals surface area contributed by atoms with E-state index in [4.69, 9.17) is 4.74 Å². The van der Waals surface area contributed by atoms with Crippen LogP contribution in [0.15, 0.2) is 12.2 Å². The van der Waals surface area contributed by atoms with E-state index in [2.05, 4.69) is 55.0 Å². The van der Waals surface area contributed by atoms with Crippen LogP contribution in [-0.4, -0.2) is 12.1 Å². The van der Waals surface area contributed by atoms with Gasteiger partial charge in [-0.05, 0) is 122 Å². The van der Waals surface area contributed by atoms with Crippen LogP contribution >= 0.6 is 0 Å². The molecule has 0 saturated heterocycles. The van der Waals surface area contributed by atoms with E-state index < -0.39 is 0 Å². The van der Waals surface area contributed by atoms with Gasteiger partial charge in [-0.25, -0.2) is 0 Å².